The third-order valence-electron chi connectivity index (χ3n) is 1.80. The summed E-state index contributed by atoms with van der Waals surface area (Å²) in [4.78, 5) is 10.5. The van der Waals surface area contributed by atoms with Crippen molar-refractivity contribution < 1.29 is 13.6 Å². The van der Waals surface area contributed by atoms with Gasteiger partial charge in [-0.25, -0.2) is 8.78 Å². The van der Waals surface area contributed by atoms with Gasteiger partial charge in [-0.15, -0.1) is 0 Å². The Balaban J connectivity index is 2.66. The standard InChI is InChI=1S/C12H11F2NO/c1-9(16)15-7-3-5-10-4-2-6-11(8-10)12(13)14/h2,4,6,8,12H,7H2,1H3,(H,15,16). The molecule has 0 aliphatic rings. The summed E-state index contributed by atoms with van der Waals surface area (Å²) in [5.74, 6) is 5.20. The summed E-state index contributed by atoms with van der Waals surface area (Å²) in [6, 6.07) is 5.87. The van der Waals surface area contributed by atoms with Crippen molar-refractivity contribution in [1.29, 1.82) is 0 Å². The molecule has 0 spiro atoms. The van der Waals surface area contributed by atoms with Crippen LogP contribution < -0.4 is 5.32 Å². The van der Waals surface area contributed by atoms with Crippen LogP contribution in [0, 0.1) is 11.8 Å². The van der Waals surface area contributed by atoms with Crippen LogP contribution in [0.2, 0.25) is 0 Å². The number of rotatable bonds is 2. The number of hydrogen-bond acceptors (Lipinski definition) is 1. The lowest BCUT2D eigenvalue weighted by Crippen LogP contribution is -2.19. The summed E-state index contributed by atoms with van der Waals surface area (Å²) in [6.45, 7) is 1.60. The number of carbonyl (C=O) groups is 1. The van der Waals surface area contributed by atoms with Crippen molar-refractivity contribution in [3.8, 4) is 11.8 Å². The number of benzene rings is 1. The highest BCUT2D eigenvalue weighted by Gasteiger charge is 2.05. The molecule has 0 unspecified atom stereocenters. The molecule has 16 heavy (non-hydrogen) atoms. The van der Waals surface area contributed by atoms with Gasteiger partial charge in [-0.3, -0.25) is 4.79 Å². The molecule has 0 fully saturated rings. The van der Waals surface area contributed by atoms with E-state index in [1.807, 2.05) is 0 Å². The van der Waals surface area contributed by atoms with E-state index in [-0.39, 0.29) is 18.0 Å². The van der Waals surface area contributed by atoms with Crippen molar-refractivity contribution in [2.45, 2.75) is 13.3 Å². The van der Waals surface area contributed by atoms with Gasteiger partial charge in [0.1, 0.15) is 0 Å². The first kappa shape index (κ1) is 12.2. The quantitative estimate of drug-likeness (QED) is 0.764. The number of carbonyl (C=O) groups excluding carboxylic acids is 1. The summed E-state index contributed by atoms with van der Waals surface area (Å²) in [6.07, 6.45) is -2.49. The molecule has 1 aromatic carbocycles. The van der Waals surface area contributed by atoms with Crippen LogP contribution in [0.1, 0.15) is 24.5 Å². The Morgan fingerprint density at radius 1 is 1.50 bits per heavy atom. The first-order valence-corrected chi connectivity index (χ1v) is 4.71. The molecule has 0 radical (unpaired) electrons. The summed E-state index contributed by atoms with van der Waals surface area (Å²) < 4.78 is 24.7. The van der Waals surface area contributed by atoms with Crippen molar-refractivity contribution in [1.82, 2.24) is 5.32 Å². The Morgan fingerprint density at radius 2 is 2.25 bits per heavy atom. The number of alkyl halides is 2. The van der Waals surface area contributed by atoms with Crippen molar-refractivity contribution in [2.75, 3.05) is 6.54 Å². The van der Waals surface area contributed by atoms with Gasteiger partial charge >= 0.3 is 0 Å². The van der Waals surface area contributed by atoms with Crippen LogP contribution in [0.15, 0.2) is 24.3 Å². The van der Waals surface area contributed by atoms with Gasteiger partial charge in [-0.1, -0.05) is 24.0 Å². The normalized spacial score (nSPS) is 9.50. The topological polar surface area (TPSA) is 29.1 Å². The van der Waals surface area contributed by atoms with E-state index in [0.29, 0.717) is 5.56 Å². The number of nitrogens with one attached hydrogen (secondary N) is 1. The molecule has 2 nitrogen and oxygen atoms in total. The van der Waals surface area contributed by atoms with E-state index in [9.17, 15) is 13.6 Å². The van der Waals surface area contributed by atoms with Crippen molar-refractivity contribution >= 4 is 5.91 Å². The maximum absolute atomic E-state index is 12.3. The summed E-state index contributed by atoms with van der Waals surface area (Å²) in [7, 11) is 0. The minimum absolute atomic E-state index is 0.0497. The second-order valence-corrected chi connectivity index (χ2v) is 3.14. The molecule has 0 aliphatic carbocycles. The highest BCUT2D eigenvalue weighted by Crippen LogP contribution is 2.18. The average Bonchev–Trinajstić information content (AvgIpc) is 2.24. The van der Waals surface area contributed by atoms with Gasteiger partial charge in [0.25, 0.3) is 6.43 Å². The van der Waals surface area contributed by atoms with E-state index >= 15 is 0 Å². The Hall–Kier alpha value is -1.89. The summed E-state index contributed by atoms with van der Waals surface area (Å²) in [5, 5.41) is 2.49. The van der Waals surface area contributed by atoms with Gasteiger partial charge in [0.05, 0.1) is 6.54 Å². The lowest BCUT2D eigenvalue weighted by atomic mass is 10.1. The zero-order chi connectivity index (χ0) is 12.0. The maximum Gasteiger partial charge on any atom is 0.263 e. The fraction of sp³-hybridized carbons (Fsp3) is 0.250. The number of hydrogen-bond donors (Lipinski definition) is 1. The molecule has 1 N–H and O–H groups in total. The third-order valence-corrected chi connectivity index (χ3v) is 1.80. The van der Waals surface area contributed by atoms with Gasteiger partial charge in [0, 0.05) is 18.1 Å². The predicted molar refractivity (Wildman–Crippen MR) is 57.0 cm³/mol. The summed E-state index contributed by atoms with van der Waals surface area (Å²) in [5.41, 5.74) is 0.467. The van der Waals surface area contributed by atoms with E-state index in [4.69, 9.17) is 0 Å². The van der Waals surface area contributed by atoms with Crippen LogP contribution in [-0.2, 0) is 4.79 Å². The Labute approximate surface area is 92.7 Å². The zero-order valence-corrected chi connectivity index (χ0v) is 8.76. The van der Waals surface area contributed by atoms with Crippen LogP contribution in [-0.4, -0.2) is 12.5 Å². The highest BCUT2D eigenvalue weighted by molar-refractivity contribution is 5.73. The minimum Gasteiger partial charge on any atom is -0.345 e. The van der Waals surface area contributed by atoms with Crippen molar-refractivity contribution in [3.05, 3.63) is 35.4 Å². The molecule has 0 atom stereocenters. The average molecular weight is 223 g/mol. The molecule has 4 heteroatoms. The molecule has 0 aliphatic heterocycles. The first-order valence-electron chi connectivity index (χ1n) is 4.71. The maximum atomic E-state index is 12.3. The fourth-order valence-electron chi connectivity index (χ4n) is 1.07. The summed E-state index contributed by atoms with van der Waals surface area (Å²) >= 11 is 0. The SMILES string of the molecule is CC(=O)NCC#Cc1cccc(C(F)F)c1. The van der Waals surface area contributed by atoms with E-state index in [1.54, 1.807) is 6.07 Å². The van der Waals surface area contributed by atoms with Gasteiger partial charge in [0.15, 0.2) is 0 Å². The molecule has 1 amide bonds. The Kier molecular flexibility index (Phi) is 4.46. The number of halogens is 2. The second kappa shape index (κ2) is 5.86. The first-order chi connectivity index (χ1) is 7.59. The molecule has 0 bridgehead atoms. The van der Waals surface area contributed by atoms with Crippen LogP contribution >= 0.6 is 0 Å². The van der Waals surface area contributed by atoms with E-state index in [0.717, 1.165) is 0 Å². The Bertz CT molecular complexity index is 432. The van der Waals surface area contributed by atoms with Crippen LogP contribution in [0.3, 0.4) is 0 Å². The van der Waals surface area contributed by atoms with Gasteiger partial charge in [-0.05, 0) is 12.1 Å². The number of amides is 1. The Morgan fingerprint density at radius 3 is 2.88 bits per heavy atom. The molecule has 1 rings (SSSR count). The molecule has 1 aromatic rings. The predicted octanol–water partition coefficient (Wildman–Crippen LogP) is 2.11. The third kappa shape index (κ3) is 4.09. The molecular formula is C12H11F2NO. The van der Waals surface area contributed by atoms with Gasteiger partial charge < -0.3 is 5.32 Å². The fourth-order valence-corrected chi connectivity index (χ4v) is 1.07. The largest absolute Gasteiger partial charge is 0.345 e. The molecule has 0 aromatic heterocycles. The monoisotopic (exact) mass is 223 g/mol. The molecular weight excluding hydrogens is 212 g/mol. The smallest absolute Gasteiger partial charge is 0.263 e. The lowest BCUT2D eigenvalue weighted by molar-refractivity contribution is -0.118. The molecule has 84 valence electrons. The van der Waals surface area contributed by atoms with Gasteiger partial charge in [0.2, 0.25) is 5.91 Å². The van der Waals surface area contributed by atoms with E-state index in [2.05, 4.69) is 17.2 Å². The highest BCUT2D eigenvalue weighted by atomic mass is 19.3. The van der Waals surface area contributed by atoms with Gasteiger partial charge in [-0.2, -0.15) is 0 Å². The minimum atomic E-state index is -2.49. The van der Waals surface area contributed by atoms with Crippen LogP contribution in [0.4, 0.5) is 8.78 Å². The van der Waals surface area contributed by atoms with Crippen LogP contribution in [0.5, 0.6) is 0 Å². The molecule has 0 saturated heterocycles. The molecule has 0 heterocycles. The van der Waals surface area contributed by atoms with E-state index in [1.165, 1.54) is 25.1 Å². The second-order valence-electron chi connectivity index (χ2n) is 3.14. The van der Waals surface area contributed by atoms with Crippen LogP contribution in [0.25, 0.3) is 0 Å². The van der Waals surface area contributed by atoms with Crippen molar-refractivity contribution in [2.24, 2.45) is 0 Å². The molecule has 0 saturated carbocycles. The zero-order valence-electron chi connectivity index (χ0n) is 8.76. The lowest BCUT2D eigenvalue weighted by Gasteiger charge is -1.98. The van der Waals surface area contributed by atoms with Crippen molar-refractivity contribution in [3.63, 3.8) is 0 Å². The van der Waals surface area contributed by atoms with E-state index < -0.39 is 6.43 Å².